The molecular formula is C32H38N6O2. The molecular weight excluding hydrogens is 500 g/mol. The van der Waals surface area contributed by atoms with Gasteiger partial charge in [-0.2, -0.15) is 0 Å². The molecule has 4 atom stereocenters. The number of benzene rings is 2. The van der Waals surface area contributed by atoms with Crippen LogP contribution in [0.1, 0.15) is 53.3 Å². The van der Waals surface area contributed by atoms with Gasteiger partial charge < -0.3 is 15.5 Å². The number of nitrogens with one attached hydrogen (secondary N) is 2. The van der Waals surface area contributed by atoms with Gasteiger partial charge in [0.15, 0.2) is 0 Å². The van der Waals surface area contributed by atoms with Crippen LogP contribution in [0.15, 0.2) is 60.2 Å². The van der Waals surface area contributed by atoms with Gasteiger partial charge in [0.1, 0.15) is 11.7 Å². The summed E-state index contributed by atoms with van der Waals surface area (Å²) >= 11 is 0. The number of carbonyl (C=O) groups is 2. The molecule has 1 aromatic heterocycles. The lowest BCUT2D eigenvalue weighted by atomic mass is 9.96. The van der Waals surface area contributed by atoms with Crippen LogP contribution in [-0.4, -0.2) is 63.4 Å². The van der Waals surface area contributed by atoms with Gasteiger partial charge in [0.25, 0.3) is 0 Å². The van der Waals surface area contributed by atoms with Gasteiger partial charge in [-0.15, -0.1) is 5.10 Å². The fourth-order valence-corrected chi connectivity index (χ4v) is 6.52. The number of aryl methyl sites for hydroxylation is 2. The van der Waals surface area contributed by atoms with Crippen molar-refractivity contribution in [2.45, 2.75) is 57.0 Å². The molecule has 0 spiro atoms. The molecule has 1 aliphatic carbocycles. The molecule has 6 rings (SSSR count). The molecule has 2 N–H and O–H groups in total. The summed E-state index contributed by atoms with van der Waals surface area (Å²) in [5.74, 6) is 0.525. The fourth-order valence-electron chi connectivity index (χ4n) is 6.52. The zero-order valence-corrected chi connectivity index (χ0v) is 23.3. The van der Waals surface area contributed by atoms with E-state index in [0.717, 1.165) is 49.2 Å². The van der Waals surface area contributed by atoms with Crippen LogP contribution in [-0.2, 0) is 29.5 Å². The molecule has 2 aliphatic heterocycles. The van der Waals surface area contributed by atoms with E-state index in [-0.39, 0.29) is 23.8 Å². The van der Waals surface area contributed by atoms with Crippen molar-refractivity contribution in [2.24, 2.45) is 13.0 Å². The maximum absolute atomic E-state index is 13.9. The highest BCUT2D eigenvalue weighted by atomic mass is 16.2. The Labute approximate surface area is 235 Å². The third kappa shape index (κ3) is 5.59. The van der Waals surface area contributed by atoms with Gasteiger partial charge in [-0.1, -0.05) is 65.4 Å². The van der Waals surface area contributed by atoms with Gasteiger partial charge in [0.05, 0.1) is 11.7 Å². The smallest absolute Gasteiger partial charge is 0.243 e. The van der Waals surface area contributed by atoms with Gasteiger partial charge in [0.2, 0.25) is 11.8 Å². The number of hydrogen-bond donors (Lipinski definition) is 2. The van der Waals surface area contributed by atoms with Crippen LogP contribution in [0.3, 0.4) is 0 Å². The summed E-state index contributed by atoms with van der Waals surface area (Å²) in [7, 11) is 1.91. The minimum absolute atomic E-state index is 0.0473. The zero-order chi connectivity index (χ0) is 27.6. The highest BCUT2D eigenvalue weighted by Gasteiger charge is 2.43. The van der Waals surface area contributed by atoms with E-state index < -0.39 is 6.04 Å². The van der Waals surface area contributed by atoms with E-state index in [1.165, 1.54) is 16.7 Å². The standard InChI is InChI=1S/C32H38N6O2/c1-21-8-10-22(11-9-21)14-24-16-30(31(39)34-18-23-12-13-29-27(15-23)35-36-37(29)2)38(20-24)32(40)28-17-26(19-33-28)25-6-4-3-5-7-25/h3-11,15,24,26,28,30,33H,12-14,16-20H2,1-2H3,(H,34,39). The summed E-state index contributed by atoms with van der Waals surface area (Å²) in [6.07, 6.45) is 6.06. The second-order valence-corrected chi connectivity index (χ2v) is 11.7. The molecule has 8 nitrogen and oxygen atoms in total. The van der Waals surface area contributed by atoms with E-state index in [0.29, 0.717) is 25.4 Å². The Kier molecular flexibility index (Phi) is 7.52. The second-order valence-electron chi connectivity index (χ2n) is 11.7. The first-order valence-electron chi connectivity index (χ1n) is 14.4. The number of hydrogen-bond acceptors (Lipinski definition) is 5. The summed E-state index contributed by atoms with van der Waals surface area (Å²) in [4.78, 5) is 29.3. The van der Waals surface area contributed by atoms with Crippen LogP contribution in [0, 0.1) is 12.8 Å². The number of rotatable bonds is 7. The largest absolute Gasteiger partial charge is 0.351 e. The molecule has 2 saturated heterocycles. The number of amides is 2. The Morgan fingerprint density at radius 2 is 1.85 bits per heavy atom. The molecule has 0 bridgehead atoms. The van der Waals surface area contributed by atoms with Crippen LogP contribution < -0.4 is 10.6 Å². The molecule has 2 aromatic carbocycles. The van der Waals surface area contributed by atoms with Crippen LogP contribution in [0.2, 0.25) is 0 Å². The Morgan fingerprint density at radius 1 is 1.05 bits per heavy atom. The van der Waals surface area contributed by atoms with Gasteiger partial charge in [-0.05, 0) is 73.6 Å². The topological polar surface area (TPSA) is 92.2 Å². The maximum atomic E-state index is 13.9. The van der Waals surface area contributed by atoms with Crippen molar-refractivity contribution >= 4 is 17.9 Å². The van der Waals surface area contributed by atoms with E-state index >= 15 is 0 Å². The Hall–Kier alpha value is -3.78. The summed E-state index contributed by atoms with van der Waals surface area (Å²) in [5, 5.41) is 15.0. The van der Waals surface area contributed by atoms with Crippen LogP contribution in [0.4, 0.5) is 0 Å². The molecule has 3 aliphatic rings. The predicted octanol–water partition coefficient (Wildman–Crippen LogP) is 3.17. The molecule has 3 aromatic rings. The number of fused-ring (bicyclic) bond motifs is 1. The monoisotopic (exact) mass is 538 g/mol. The molecule has 0 radical (unpaired) electrons. The van der Waals surface area contributed by atoms with Gasteiger partial charge >= 0.3 is 0 Å². The summed E-state index contributed by atoms with van der Waals surface area (Å²) in [6, 6.07) is 18.2. The number of likely N-dealkylation sites (tertiary alicyclic amines) is 1. The number of aromatic nitrogens is 3. The average molecular weight is 539 g/mol. The van der Waals surface area contributed by atoms with Crippen LogP contribution >= 0.6 is 0 Å². The fraction of sp³-hybridized carbons (Fsp3) is 0.438. The quantitative estimate of drug-likeness (QED) is 0.482. The van der Waals surface area contributed by atoms with E-state index in [1.807, 2.05) is 40.9 Å². The lowest BCUT2D eigenvalue weighted by Crippen LogP contribution is -2.51. The van der Waals surface area contributed by atoms with Crippen molar-refractivity contribution in [3.8, 4) is 0 Å². The van der Waals surface area contributed by atoms with Crippen LogP contribution in [0.5, 0.6) is 0 Å². The van der Waals surface area contributed by atoms with Crippen molar-refractivity contribution in [3.05, 3.63) is 88.2 Å². The average Bonchev–Trinajstić information content (AvgIpc) is 3.72. The van der Waals surface area contributed by atoms with Crippen molar-refractivity contribution in [3.63, 3.8) is 0 Å². The molecule has 2 fully saturated rings. The van der Waals surface area contributed by atoms with Crippen molar-refractivity contribution in [1.29, 1.82) is 0 Å². The van der Waals surface area contributed by atoms with Crippen molar-refractivity contribution in [1.82, 2.24) is 30.5 Å². The Morgan fingerprint density at radius 3 is 2.65 bits per heavy atom. The highest BCUT2D eigenvalue weighted by Crippen LogP contribution is 2.31. The molecule has 2 amide bonds. The Bertz CT molecular complexity index is 1400. The lowest BCUT2D eigenvalue weighted by Gasteiger charge is -2.27. The van der Waals surface area contributed by atoms with Crippen molar-refractivity contribution in [2.75, 3.05) is 19.6 Å². The number of nitrogens with zero attached hydrogens (tertiary/aromatic N) is 4. The lowest BCUT2D eigenvalue weighted by molar-refractivity contribution is -0.139. The van der Waals surface area contributed by atoms with Gasteiger partial charge in [0, 0.05) is 26.7 Å². The maximum Gasteiger partial charge on any atom is 0.243 e. The first-order valence-corrected chi connectivity index (χ1v) is 14.4. The minimum Gasteiger partial charge on any atom is -0.351 e. The highest BCUT2D eigenvalue weighted by molar-refractivity contribution is 5.91. The molecule has 40 heavy (non-hydrogen) atoms. The molecule has 4 unspecified atom stereocenters. The van der Waals surface area contributed by atoms with Crippen molar-refractivity contribution < 1.29 is 9.59 Å². The zero-order valence-electron chi connectivity index (χ0n) is 23.3. The molecule has 208 valence electrons. The third-order valence-corrected chi connectivity index (χ3v) is 8.80. The minimum atomic E-state index is -0.461. The normalized spacial score (nSPS) is 24.1. The van der Waals surface area contributed by atoms with Gasteiger partial charge in [-0.3, -0.25) is 14.3 Å². The third-order valence-electron chi connectivity index (χ3n) is 8.80. The second kappa shape index (κ2) is 11.4. The summed E-state index contributed by atoms with van der Waals surface area (Å²) in [5.41, 5.74) is 6.88. The SMILES string of the molecule is Cc1ccc(CC2CC(C(=O)NCC3=Cc4nnn(C)c4CC3)N(C(=O)C3CC(c4ccccc4)CN3)C2)cc1. The molecule has 0 saturated carbocycles. The van der Waals surface area contributed by atoms with E-state index in [1.54, 1.807) is 0 Å². The first-order chi connectivity index (χ1) is 19.4. The van der Waals surface area contributed by atoms with Crippen LogP contribution in [0.25, 0.3) is 6.08 Å². The Balaban J connectivity index is 1.15. The van der Waals surface area contributed by atoms with E-state index in [4.69, 9.17) is 0 Å². The van der Waals surface area contributed by atoms with Gasteiger partial charge in [-0.25, -0.2) is 0 Å². The molecule has 8 heteroatoms. The van der Waals surface area contributed by atoms with E-state index in [2.05, 4.69) is 64.3 Å². The van der Waals surface area contributed by atoms with E-state index in [9.17, 15) is 9.59 Å². The predicted molar refractivity (Wildman–Crippen MR) is 154 cm³/mol. The summed E-state index contributed by atoms with van der Waals surface area (Å²) < 4.78 is 1.82. The summed E-state index contributed by atoms with van der Waals surface area (Å²) in [6.45, 7) is 3.93. The molecule has 3 heterocycles. The number of carbonyl (C=O) groups excluding carboxylic acids is 2. The first kappa shape index (κ1) is 26.4.